The summed E-state index contributed by atoms with van der Waals surface area (Å²) in [6, 6.07) is 0. The molecule has 0 amide bonds. The fourth-order valence-corrected chi connectivity index (χ4v) is 3.44. The minimum absolute atomic E-state index is 1.06. The van der Waals surface area contributed by atoms with E-state index >= 15 is 0 Å². The molecule has 3 fully saturated rings. The Labute approximate surface area is 65.3 Å². The van der Waals surface area contributed by atoms with Crippen molar-refractivity contribution in [1.82, 2.24) is 4.90 Å². The third kappa shape index (κ3) is 1.06. The van der Waals surface area contributed by atoms with Crippen LogP contribution in [0.4, 0.5) is 0 Å². The average Bonchev–Trinajstić information content (AvgIpc) is 1.90. The van der Waals surface area contributed by atoms with E-state index in [4.69, 9.17) is 0 Å². The molecule has 3 rings (SSSR count). The maximum atomic E-state index is 2.62. The average molecular weight is 187 g/mol. The van der Waals surface area contributed by atoms with Gasteiger partial charge in [-0.1, -0.05) is 0 Å². The molecule has 3 heterocycles. The number of rotatable bonds is 0. The third-order valence-electron chi connectivity index (χ3n) is 2.71. The van der Waals surface area contributed by atoms with Crippen LogP contribution in [0.2, 0.25) is 4.71 Å². The molecular weight excluding hydrogens is 173 g/mol. The summed E-state index contributed by atoms with van der Waals surface area (Å²) in [5, 5.41) is 0. The molecule has 3 aliphatic rings. The number of piperidine rings is 3. The van der Waals surface area contributed by atoms with Gasteiger partial charge in [0, 0.05) is 0 Å². The van der Waals surface area contributed by atoms with Crippen LogP contribution in [0.5, 0.6) is 0 Å². The van der Waals surface area contributed by atoms with E-state index in [1.165, 1.54) is 32.5 Å². The molecule has 0 radical (unpaired) electrons. The van der Waals surface area contributed by atoms with Crippen molar-refractivity contribution >= 4 is 16.9 Å². The van der Waals surface area contributed by atoms with Crippen LogP contribution in [-0.4, -0.2) is 41.4 Å². The van der Waals surface area contributed by atoms with E-state index in [1.807, 2.05) is 16.9 Å². The first kappa shape index (κ1) is 6.24. The zero-order valence-electron chi connectivity index (χ0n) is 5.71. The summed E-state index contributed by atoms with van der Waals surface area (Å²) in [5.41, 5.74) is 0. The zero-order chi connectivity index (χ0) is 6.27. The Morgan fingerprint density at radius 3 is 2.11 bits per heavy atom. The van der Waals surface area contributed by atoms with Crippen LogP contribution in [0.25, 0.3) is 0 Å². The molecule has 0 aromatic rings. The molecule has 0 aromatic carbocycles. The van der Waals surface area contributed by atoms with Crippen molar-refractivity contribution in [1.29, 1.82) is 0 Å². The fourth-order valence-electron chi connectivity index (χ4n) is 2.01. The van der Waals surface area contributed by atoms with Gasteiger partial charge in [0.25, 0.3) is 0 Å². The second-order valence-corrected chi connectivity index (χ2v) is 5.10. The second-order valence-electron chi connectivity index (χ2n) is 3.30. The van der Waals surface area contributed by atoms with Crippen LogP contribution < -0.4 is 0 Å². The van der Waals surface area contributed by atoms with Crippen LogP contribution in [0.3, 0.4) is 0 Å². The third-order valence-corrected chi connectivity index (χ3v) is 4.29. The SMILES string of the molecule is [AsH2][C@@H]1CN2CCC1CC2. The Balaban J connectivity index is 2.06. The van der Waals surface area contributed by atoms with Gasteiger partial charge in [-0.05, 0) is 0 Å². The quantitative estimate of drug-likeness (QED) is 0.487. The van der Waals surface area contributed by atoms with Gasteiger partial charge in [-0.2, -0.15) is 0 Å². The standard InChI is InChI=1S/C7H14AsN/c8-7-5-9-3-1-6(7)2-4-9/h6-7H,1-5,8H2/t7-/m1/s1. The molecule has 1 nitrogen and oxygen atoms in total. The van der Waals surface area contributed by atoms with Crippen molar-refractivity contribution < 1.29 is 0 Å². The molecule has 0 aromatic heterocycles. The first-order valence-corrected chi connectivity index (χ1v) is 5.24. The van der Waals surface area contributed by atoms with Gasteiger partial charge < -0.3 is 0 Å². The molecular formula is C7H14AsN. The fraction of sp³-hybridized carbons (Fsp3) is 1.00. The summed E-state index contributed by atoms with van der Waals surface area (Å²) in [7, 11) is 0. The summed E-state index contributed by atoms with van der Waals surface area (Å²) >= 11 is 1.96. The van der Waals surface area contributed by atoms with Gasteiger partial charge in [-0.25, -0.2) is 0 Å². The zero-order valence-corrected chi connectivity index (χ0v) is 8.14. The van der Waals surface area contributed by atoms with Gasteiger partial charge in [0.2, 0.25) is 0 Å². The van der Waals surface area contributed by atoms with Gasteiger partial charge in [0.05, 0.1) is 0 Å². The van der Waals surface area contributed by atoms with Crippen molar-refractivity contribution in [2.45, 2.75) is 17.5 Å². The van der Waals surface area contributed by atoms with Crippen LogP contribution >= 0.6 is 0 Å². The summed E-state index contributed by atoms with van der Waals surface area (Å²) < 4.78 is 1.06. The summed E-state index contributed by atoms with van der Waals surface area (Å²) in [6.45, 7) is 4.20. The van der Waals surface area contributed by atoms with Crippen LogP contribution in [-0.2, 0) is 0 Å². The van der Waals surface area contributed by atoms with E-state index in [1.54, 1.807) is 0 Å². The first-order chi connectivity index (χ1) is 4.36. The Morgan fingerprint density at radius 1 is 1.22 bits per heavy atom. The molecule has 52 valence electrons. The normalized spacial score (nSPS) is 49.7. The number of fused-ring (bicyclic) bond motifs is 3. The van der Waals surface area contributed by atoms with E-state index < -0.39 is 0 Å². The van der Waals surface area contributed by atoms with Crippen molar-refractivity contribution in [3.63, 3.8) is 0 Å². The molecule has 9 heavy (non-hydrogen) atoms. The van der Waals surface area contributed by atoms with E-state index in [-0.39, 0.29) is 0 Å². The van der Waals surface area contributed by atoms with Crippen molar-refractivity contribution in [3.05, 3.63) is 0 Å². The van der Waals surface area contributed by atoms with Crippen molar-refractivity contribution in [2.75, 3.05) is 19.6 Å². The van der Waals surface area contributed by atoms with E-state index in [9.17, 15) is 0 Å². The predicted octanol–water partition coefficient (Wildman–Crippen LogP) is 0.134. The molecule has 0 N–H and O–H groups in total. The molecule has 0 saturated carbocycles. The predicted molar refractivity (Wildman–Crippen MR) is 41.5 cm³/mol. The van der Waals surface area contributed by atoms with Crippen LogP contribution in [0, 0.1) is 5.92 Å². The first-order valence-electron chi connectivity index (χ1n) is 3.84. The molecule has 3 saturated heterocycles. The van der Waals surface area contributed by atoms with Gasteiger partial charge in [0.1, 0.15) is 0 Å². The van der Waals surface area contributed by atoms with Crippen molar-refractivity contribution in [3.8, 4) is 0 Å². The molecule has 1 unspecified atom stereocenters. The maximum absolute atomic E-state index is 2.62. The molecule has 2 atom stereocenters. The minimum atomic E-state index is 1.06. The topological polar surface area (TPSA) is 3.24 Å². The monoisotopic (exact) mass is 187 g/mol. The number of hydrogen-bond acceptors (Lipinski definition) is 1. The van der Waals surface area contributed by atoms with Crippen LogP contribution in [0.15, 0.2) is 0 Å². The van der Waals surface area contributed by atoms with Gasteiger partial charge in [0.15, 0.2) is 0 Å². The Bertz CT molecular complexity index is 107. The van der Waals surface area contributed by atoms with Gasteiger partial charge >= 0.3 is 64.9 Å². The van der Waals surface area contributed by atoms with Crippen LogP contribution in [0.1, 0.15) is 12.8 Å². The molecule has 2 heteroatoms. The molecule has 2 bridgehead atoms. The molecule has 3 aliphatic heterocycles. The molecule has 0 spiro atoms. The van der Waals surface area contributed by atoms with Crippen molar-refractivity contribution in [2.24, 2.45) is 5.92 Å². The van der Waals surface area contributed by atoms with Gasteiger partial charge in [-0.15, -0.1) is 0 Å². The Hall–Kier alpha value is 0.518. The van der Waals surface area contributed by atoms with E-state index in [0.29, 0.717) is 0 Å². The summed E-state index contributed by atoms with van der Waals surface area (Å²) in [6.07, 6.45) is 2.98. The second kappa shape index (κ2) is 2.28. The van der Waals surface area contributed by atoms with Gasteiger partial charge in [-0.3, -0.25) is 0 Å². The number of hydrogen-bond donors (Lipinski definition) is 0. The Kier molecular flexibility index (Phi) is 1.58. The molecule has 0 aliphatic carbocycles. The van der Waals surface area contributed by atoms with E-state index in [0.717, 1.165) is 10.6 Å². The summed E-state index contributed by atoms with van der Waals surface area (Å²) in [5.74, 6) is 1.11. The number of nitrogens with zero attached hydrogens (tertiary/aromatic N) is 1. The Morgan fingerprint density at radius 2 is 1.89 bits per heavy atom. The van der Waals surface area contributed by atoms with E-state index in [2.05, 4.69) is 4.90 Å². The summed E-state index contributed by atoms with van der Waals surface area (Å²) in [4.78, 5) is 2.62.